The molecule has 1 heterocycles. The number of nitrogens with two attached hydrogens (primary N) is 1. The summed E-state index contributed by atoms with van der Waals surface area (Å²) in [6, 6.07) is 4.27. The van der Waals surface area contributed by atoms with Crippen molar-refractivity contribution in [3.63, 3.8) is 0 Å². The van der Waals surface area contributed by atoms with E-state index in [1.54, 1.807) is 11.3 Å². The minimum atomic E-state index is -1.79. The van der Waals surface area contributed by atoms with Crippen molar-refractivity contribution in [1.29, 1.82) is 0 Å². The number of hydrogen-bond donors (Lipinski definition) is 4. The fraction of sp³-hybridized carbons (Fsp3) is 0.400. The molecule has 0 aliphatic rings. The van der Waals surface area contributed by atoms with E-state index in [1.165, 1.54) is 4.88 Å². The molecule has 0 bridgehead atoms. The van der Waals surface area contributed by atoms with Crippen molar-refractivity contribution in [3.8, 4) is 0 Å². The maximum atomic E-state index is 9.72. The van der Waals surface area contributed by atoms with E-state index in [-0.39, 0.29) is 6.04 Å². The molecule has 2 unspecified atom stereocenters. The van der Waals surface area contributed by atoms with Gasteiger partial charge in [0.05, 0.1) is 6.42 Å². The Balaban J connectivity index is 0.000000302. The summed E-state index contributed by atoms with van der Waals surface area (Å²) in [5.41, 5.74) is 5.57. The zero-order valence-corrected chi connectivity index (χ0v) is 10.1. The lowest BCUT2D eigenvalue weighted by molar-refractivity contribution is -0.152. The molecule has 17 heavy (non-hydrogen) atoms. The summed E-state index contributed by atoms with van der Waals surface area (Å²) >= 11 is 1.71. The van der Waals surface area contributed by atoms with E-state index in [2.05, 4.69) is 6.07 Å². The van der Waals surface area contributed by atoms with E-state index < -0.39 is 24.5 Å². The van der Waals surface area contributed by atoms with Crippen LogP contribution < -0.4 is 5.73 Å². The van der Waals surface area contributed by atoms with Gasteiger partial charge in [-0.05, 0) is 18.4 Å². The van der Waals surface area contributed by atoms with Crippen LogP contribution in [0, 0.1) is 0 Å². The third kappa shape index (κ3) is 7.45. The number of carbonyl (C=O) groups is 2. The first-order valence-electron chi connectivity index (χ1n) is 4.76. The maximum absolute atomic E-state index is 9.72. The van der Waals surface area contributed by atoms with Crippen molar-refractivity contribution >= 4 is 23.3 Å². The van der Waals surface area contributed by atoms with Crippen LogP contribution in [0.15, 0.2) is 17.5 Å². The Bertz CT molecular complexity index is 350. The molecule has 0 radical (unpaired) electrons. The SMILES string of the molecule is CC(N)c1cccs1.O=C(O)CC(O)C(=O)O. The van der Waals surface area contributed by atoms with Crippen molar-refractivity contribution in [1.82, 2.24) is 0 Å². The molecule has 0 spiro atoms. The van der Waals surface area contributed by atoms with E-state index >= 15 is 0 Å². The first-order valence-corrected chi connectivity index (χ1v) is 5.64. The van der Waals surface area contributed by atoms with Gasteiger partial charge in [-0.1, -0.05) is 6.07 Å². The van der Waals surface area contributed by atoms with Gasteiger partial charge in [-0.25, -0.2) is 4.79 Å². The van der Waals surface area contributed by atoms with Gasteiger partial charge in [0, 0.05) is 10.9 Å². The Kier molecular flexibility index (Phi) is 7.11. The Morgan fingerprint density at radius 1 is 1.47 bits per heavy atom. The number of hydrogen-bond acceptors (Lipinski definition) is 5. The van der Waals surface area contributed by atoms with Crippen molar-refractivity contribution in [3.05, 3.63) is 22.4 Å². The molecule has 0 aliphatic carbocycles. The lowest BCUT2D eigenvalue weighted by Crippen LogP contribution is -2.22. The highest BCUT2D eigenvalue weighted by Crippen LogP contribution is 2.14. The fourth-order valence-corrected chi connectivity index (χ4v) is 1.49. The molecule has 5 N–H and O–H groups in total. The van der Waals surface area contributed by atoms with Crippen LogP contribution in [0.5, 0.6) is 0 Å². The Morgan fingerprint density at radius 2 is 2.06 bits per heavy atom. The minimum absolute atomic E-state index is 0.204. The van der Waals surface area contributed by atoms with Crippen LogP contribution in [0.4, 0.5) is 0 Å². The second kappa shape index (κ2) is 7.77. The van der Waals surface area contributed by atoms with Gasteiger partial charge < -0.3 is 21.1 Å². The molecule has 2 atom stereocenters. The van der Waals surface area contributed by atoms with Crippen LogP contribution in [-0.4, -0.2) is 33.4 Å². The Morgan fingerprint density at radius 3 is 2.24 bits per heavy atom. The largest absolute Gasteiger partial charge is 0.481 e. The van der Waals surface area contributed by atoms with Crippen molar-refractivity contribution in [2.24, 2.45) is 5.73 Å². The van der Waals surface area contributed by atoms with E-state index in [0.29, 0.717) is 0 Å². The molecule has 0 saturated heterocycles. The molecule has 0 aromatic carbocycles. The summed E-state index contributed by atoms with van der Waals surface area (Å²) in [6.07, 6.45) is -2.54. The van der Waals surface area contributed by atoms with Crippen molar-refractivity contribution in [2.75, 3.05) is 0 Å². The molecule has 0 saturated carbocycles. The molecule has 0 amide bonds. The molecule has 96 valence electrons. The second-order valence-corrected chi connectivity index (χ2v) is 4.24. The smallest absolute Gasteiger partial charge is 0.333 e. The van der Waals surface area contributed by atoms with Gasteiger partial charge >= 0.3 is 11.9 Å². The van der Waals surface area contributed by atoms with Crippen LogP contribution in [0.3, 0.4) is 0 Å². The quantitative estimate of drug-likeness (QED) is 0.632. The summed E-state index contributed by atoms with van der Waals surface area (Å²) in [6.45, 7) is 1.99. The summed E-state index contributed by atoms with van der Waals surface area (Å²) in [5.74, 6) is -2.85. The van der Waals surface area contributed by atoms with Gasteiger partial charge in [-0.15, -0.1) is 11.3 Å². The van der Waals surface area contributed by atoms with E-state index in [9.17, 15) is 9.59 Å². The first kappa shape index (κ1) is 15.6. The van der Waals surface area contributed by atoms with E-state index in [1.807, 2.05) is 18.4 Å². The van der Waals surface area contributed by atoms with Crippen LogP contribution in [0.25, 0.3) is 0 Å². The number of rotatable bonds is 4. The number of aliphatic hydroxyl groups excluding tert-OH is 1. The summed E-state index contributed by atoms with van der Waals surface area (Å²) in [4.78, 5) is 20.7. The number of aliphatic carboxylic acids is 2. The monoisotopic (exact) mass is 261 g/mol. The van der Waals surface area contributed by atoms with Crippen molar-refractivity contribution < 1.29 is 24.9 Å². The number of carboxylic acids is 2. The van der Waals surface area contributed by atoms with Crippen molar-refractivity contribution in [2.45, 2.75) is 25.5 Å². The first-order chi connectivity index (χ1) is 7.84. The number of thiophene rings is 1. The molecule has 7 heteroatoms. The molecule has 1 rings (SSSR count). The zero-order valence-electron chi connectivity index (χ0n) is 9.24. The highest BCUT2D eigenvalue weighted by molar-refractivity contribution is 7.10. The number of aliphatic hydroxyl groups is 1. The van der Waals surface area contributed by atoms with Gasteiger partial charge in [0.1, 0.15) is 0 Å². The summed E-state index contributed by atoms with van der Waals surface area (Å²) in [7, 11) is 0. The third-order valence-corrected chi connectivity index (χ3v) is 2.72. The van der Waals surface area contributed by atoms with Gasteiger partial charge in [-0.3, -0.25) is 4.79 Å². The molecule has 0 aliphatic heterocycles. The highest BCUT2D eigenvalue weighted by Gasteiger charge is 2.16. The van der Waals surface area contributed by atoms with E-state index in [0.717, 1.165) is 0 Å². The topological polar surface area (TPSA) is 121 Å². The summed E-state index contributed by atoms with van der Waals surface area (Å²) in [5, 5.41) is 26.2. The Hall–Kier alpha value is -1.44. The Labute approximate surface area is 102 Å². The molecule has 1 aromatic heterocycles. The molecule has 1 aromatic rings. The predicted molar refractivity (Wildman–Crippen MR) is 62.8 cm³/mol. The molecule has 6 nitrogen and oxygen atoms in total. The lowest BCUT2D eigenvalue weighted by atomic mass is 10.3. The van der Waals surface area contributed by atoms with E-state index in [4.69, 9.17) is 21.1 Å². The van der Waals surface area contributed by atoms with Crippen LogP contribution >= 0.6 is 11.3 Å². The van der Waals surface area contributed by atoms with Gasteiger partial charge in [-0.2, -0.15) is 0 Å². The van der Waals surface area contributed by atoms with Gasteiger partial charge in [0.25, 0.3) is 0 Å². The fourth-order valence-electron chi connectivity index (χ4n) is 0.803. The maximum Gasteiger partial charge on any atom is 0.333 e. The predicted octanol–water partition coefficient (Wildman–Crippen LogP) is 0.674. The van der Waals surface area contributed by atoms with Crippen LogP contribution in [-0.2, 0) is 9.59 Å². The normalized spacial score (nSPS) is 13.1. The zero-order chi connectivity index (χ0) is 13.4. The second-order valence-electron chi connectivity index (χ2n) is 3.26. The molecular formula is C10H15NO5S. The van der Waals surface area contributed by atoms with Gasteiger partial charge in [0.15, 0.2) is 6.10 Å². The highest BCUT2D eigenvalue weighted by atomic mass is 32.1. The number of carboxylic acid groups (broad SMARTS) is 2. The standard InChI is InChI=1S/C6H9NS.C4H6O5/c1-5(7)6-3-2-4-8-6;5-2(4(8)9)1-3(6)7/h2-5H,7H2,1H3;2,5H,1H2,(H,6,7)(H,8,9). The summed E-state index contributed by atoms with van der Waals surface area (Å²) < 4.78 is 0. The van der Waals surface area contributed by atoms with Gasteiger partial charge in [0.2, 0.25) is 0 Å². The van der Waals surface area contributed by atoms with Crippen LogP contribution in [0.2, 0.25) is 0 Å². The van der Waals surface area contributed by atoms with Crippen LogP contribution in [0.1, 0.15) is 24.3 Å². The average Bonchev–Trinajstić information content (AvgIpc) is 2.69. The minimum Gasteiger partial charge on any atom is -0.481 e. The third-order valence-electron chi connectivity index (χ3n) is 1.64. The molecular weight excluding hydrogens is 246 g/mol. The average molecular weight is 261 g/mol. The molecule has 0 fully saturated rings. The lowest BCUT2D eigenvalue weighted by Gasteiger charge is -1.97.